The highest BCUT2D eigenvalue weighted by Gasteiger charge is 2.30. The average molecular weight is 340 g/mol. The van der Waals surface area contributed by atoms with Gasteiger partial charge in [0, 0.05) is 25.5 Å². The van der Waals surface area contributed by atoms with Gasteiger partial charge in [0.1, 0.15) is 11.6 Å². The van der Waals surface area contributed by atoms with Gasteiger partial charge in [-0.2, -0.15) is 0 Å². The second-order valence-corrected chi connectivity index (χ2v) is 4.74. The van der Waals surface area contributed by atoms with Gasteiger partial charge in [-0.05, 0) is 17.7 Å². The minimum Gasteiger partial charge on any atom is -0.406 e. The first-order chi connectivity index (χ1) is 11.4. The molecule has 0 atom stereocenters. The van der Waals surface area contributed by atoms with Crippen LogP contribution in [0.15, 0.2) is 42.9 Å². The number of alkyl halides is 3. The number of amides is 1. The number of aromatic nitrogens is 2. The number of rotatable bonds is 7. The van der Waals surface area contributed by atoms with Gasteiger partial charge in [0.25, 0.3) is 0 Å². The molecule has 128 valence electrons. The number of benzene rings is 1. The van der Waals surface area contributed by atoms with Crippen molar-refractivity contribution in [1.29, 1.82) is 0 Å². The lowest BCUT2D eigenvalue weighted by Gasteiger charge is -2.09. The molecule has 0 aliphatic carbocycles. The minimum absolute atomic E-state index is 0.0669. The maximum atomic E-state index is 12.0. The fourth-order valence-corrected chi connectivity index (χ4v) is 1.84. The topological polar surface area (TPSA) is 76.1 Å². The number of anilines is 1. The van der Waals surface area contributed by atoms with E-state index in [4.69, 9.17) is 0 Å². The second kappa shape index (κ2) is 8.14. The predicted molar refractivity (Wildman–Crippen MR) is 80.4 cm³/mol. The van der Waals surface area contributed by atoms with Crippen molar-refractivity contribution in [2.24, 2.45) is 0 Å². The highest BCUT2D eigenvalue weighted by atomic mass is 19.4. The van der Waals surface area contributed by atoms with Crippen LogP contribution in [0.1, 0.15) is 5.56 Å². The quantitative estimate of drug-likeness (QED) is 0.756. The molecule has 0 radical (unpaired) electrons. The Labute approximate surface area is 136 Å². The zero-order valence-corrected chi connectivity index (χ0v) is 12.5. The number of ether oxygens (including phenoxy) is 1. The van der Waals surface area contributed by atoms with E-state index in [0.29, 0.717) is 24.5 Å². The van der Waals surface area contributed by atoms with E-state index >= 15 is 0 Å². The van der Waals surface area contributed by atoms with E-state index in [-0.39, 0.29) is 18.1 Å². The normalized spacial score (nSPS) is 11.0. The zero-order valence-electron chi connectivity index (χ0n) is 12.5. The number of carbonyl (C=O) groups excluding carboxylic acids is 1. The molecule has 0 aliphatic heterocycles. The Balaban J connectivity index is 1.70. The molecule has 2 aromatic rings. The number of hydrogen-bond acceptors (Lipinski definition) is 5. The largest absolute Gasteiger partial charge is 0.573 e. The highest BCUT2D eigenvalue weighted by Crippen LogP contribution is 2.22. The summed E-state index contributed by atoms with van der Waals surface area (Å²) in [4.78, 5) is 19.7. The van der Waals surface area contributed by atoms with Crippen LogP contribution in [-0.4, -0.2) is 35.3 Å². The van der Waals surface area contributed by atoms with E-state index in [9.17, 15) is 18.0 Å². The van der Waals surface area contributed by atoms with Gasteiger partial charge in [-0.1, -0.05) is 12.1 Å². The monoisotopic (exact) mass is 340 g/mol. The Bertz CT molecular complexity index is 648. The van der Waals surface area contributed by atoms with Crippen molar-refractivity contribution in [3.63, 3.8) is 0 Å². The summed E-state index contributed by atoms with van der Waals surface area (Å²) in [6.45, 7) is 0.855. The van der Waals surface area contributed by atoms with Gasteiger partial charge in [0.2, 0.25) is 5.91 Å². The first-order valence-electron chi connectivity index (χ1n) is 7.04. The standard InChI is InChI=1S/C15H15F3N4O2/c16-15(17,18)24-12-3-1-11(2-4-12)9-14(23)22-8-7-21-13-10-19-5-6-20-13/h1-6,10H,7-9H2,(H,20,21)(H,22,23). The van der Waals surface area contributed by atoms with Crippen LogP contribution in [0.25, 0.3) is 0 Å². The number of nitrogens with zero attached hydrogens (tertiary/aromatic N) is 2. The summed E-state index contributed by atoms with van der Waals surface area (Å²) in [5.74, 6) is 0.0484. The lowest BCUT2D eigenvalue weighted by molar-refractivity contribution is -0.274. The molecule has 9 heteroatoms. The molecule has 1 amide bonds. The predicted octanol–water partition coefficient (Wildman–Crippen LogP) is 2.15. The lowest BCUT2D eigenvalue weighted by Crippen LogP contribution is -2.30. The molecule has 0 saturated carbocycles. The maximum absolute atomic E-state index is 12.0. The van der Waals surface area contributed by atoms with E-state index in [1.807, 2.05) is 0 Å². The van der Waals surface area contributed by atoms with Crippen LogP contribution >= 0.6 is 0 Å². The smallest absolute Gasteiger partial charge is 0.406 e. The van der Waals surface area contributed by atoms with Crippen molar-refractivity contribution in [3.05, 3.63) is 48.4 Å². The molecule has 2 rings (SSSR count). The van der Waals surface area contributed by atoms with E-state index in [0.717, 1.165) is 0 Å². The fourth-order valence-electron chi connectivity index (χ4n) is 1.84. The van der Waals surface area contributed by atoms with Gasteiger partial charge in [0.05, 0.1) is 12.6 Å². The molecule has 1 aromatic heterocycles. The fraction of sp³-hybridized carbons (Fsp3) is 0.267. The van der Waals surface area contributed by atoms with Crippen LogP contribution in [0, 0.1) is 0 Å². The van der Waals surface area contributed by atoms with Crippen molar-refractivity contribution in [3.8, 4) is 5.75 Å². The van der Waals surface area contributed by atoms with Crippen LogP contribution in [-0.2, 0) is 11.2 Å². The number of nitrogens with one attached hydrogen (secondary N) is 2. The molecule has 0 bridgehead atoms. The molecule has 1 aromatic carbocycles. The molecular formula is C15H15F3N4O2. The molecule has 1 heterocycles. The summed E-state index contributed by atoms with van der Waals surface area (Å²) < 4.78 is 39.9. The van der Waals surface area contributed by atoms with E-state index in [1.165, 1.54) is 24.3 Å². The lowest BCUT2D eigenvalue weighted by atomic mass is 10.1. The summed E-state index contributed by atoms with van der Waals surface area (Å²) in [6.07, 6.45) is 0.00388. The van der Waals surface area contributed by atoms with E-state index in [2.05, 4.69) is 25.3 Å². The Kier molecular flexibility index (Phi) is 5.94. The third kappa shape index (κ3) is 6.51. The molecule has 0 saturated heterocycles. The van der Waals surface area contributed by atoms with Crippen molar-refractivity contribution >= 4 is 11.7 Å². The molecule has 0 spiro atoms. The van der Waals surface area contributed by atoms with Crippen LogP contribution in [0.4, 0.5) is 19.0 Å². The van der Waals surface area contributed by atoms with Gasteiger partial charge in [-0.25, -0.2) is 4.98 Å². The number of halogens is 3. The molecule has 2 N–H and O–H groups in total. The first kappa shape index (κ1) is 17.5. The van der Waals surface area contributed by atoms with Crippen LogP contribution < -0.4 is 15.4 Å². The van der Waals surface area contributed by atoms with Crippen LogP contribution in [0.5, 0.6) is 5.75 Å². The van der Waals surface area contributed by atoms with Crippen LogP contribution in [0.3, 0.4) is 0 Å². The summed E-state index contributed by atoms with van der Waals surface area (Å²) in [6, 6.07) is 5.17. The Morgan fingerprint density at radius 3 is 2.50 bits per heavy atom. The third-order valence-electron chi connectivity index (χ3n) is 2.84. The molecule has 6 nitrogen and oxygen atoms in total. The summed E-state index contributed by atoms with van der Waals surface area (Å²) >= 11 is 0. The SMILES string of the molecule is O=C(Cc1ccc(OC(F)(F)F)cc1)NCCNc1cnccn1. The summed E-state index contributed by atoms with van der Waals surface area (Å²) in [5, 5.41) is 5.68. The molecule has 0 unspecified atom stereocenters. The first-order valence-corrected chi connectivity index (χ1v) is 7.04. The number of hydrogen-bond donors (Lipinski definition) is 2. The molecular weight excluding hydrogens is 325 g/mol. The van der Waals surface area contributed by atoms with E-state index < -0.39 is 6.36 Å². The Morgan fingerprint density at radius 2 is 1.88 bits per heavy atom. The zero-order chi connectivity index (χ0) is 17.4. The van der Waals surface area contributed by atoms with E-state index in [1.54, 1.807) is 18.6 Å². The highest BCUT2D eigenvalue weighted by molar-refractivity contribution is 5.78. The Hall–Kier alpha value is -2.84. The summed E-state index contributed by atoms with van der Waals surface area (Å²) in [5.41, 5.74) is 0.587. The van der Waals surface area contributed by atoms with Gasteiger partial charge in [-0.15, -0.1) is 13.2 Å². The van der Waals surface area contributed by atoms with Gasteiger partial charge >= 0.3 is 6.36 Å². The van der Waals surface area contributed by atoms with Crippen molar-refractivity contribution < 1.29 is 22.7 Å². The van der Waals surface area contributed by atoms with Gasteiger partial charge in [-0.3, -0.25) is 9.78 Å². The maximum Gasteiger partial charge on any atom is 0.573 e. The molecule has 0 aliphatic rings. The Morgan fingerprint density at radius 1 is 1.12 bits per heavy atom. The van der Waals surface area contributed by atoms with Crippen molar-refractivity contribution in [2.45, 2.75) is 12.8 Å². The summed E-state index contributed by atoms with van der Waals surface area (Å²) in [7, 11) is 0. The number of carbonyl (C=O) groups is 1. The van der Waals surface area contributed by atoms with Gasteiger partial charge < -0.3 is 15.4 Å². The molecule has 0 fully saturated rings. The van der Waals surface area contributed by atoms with Gasteiger partial charge in [0.15, 0.2) is 0 Å². The van der Waals surface area contributed by atoms with Crippen molar-refractivity contribution in [1.82, 2.24) is 15.3 Å². The minimum atomic E-state index is -4.73. The third-order valence-corrected chi connectivity index (χ3v) is 2.84. The van der Waals surface area contributed by atoms with Crippen LogP contribution in [0.2, 0.25) is 0 Å². The average Bonchev–Trinajstić information content (AvgIpc) is 2.53. The molecule has 24 heavy (non-hydrogen) atoms. The second-order valence-electron chi connectivity index (χ2n) is 4.74. The van der Waals surface area contributed by atoms with Crippen molar-refractivity contribution in [2.75, 3.05) is 18.4 Å².